The van der Waals surface area contributed by atoms with Gasteiger partial charge in [-0.1, -0.05) is 33.6 Å². The molecule has 0 fully saturated rings. The fourth-order valence-corrected chi connectivity index (χ4v) is 3.24. The summed E-state index contributed by atoms with van der Waals surface area (Å²) >= 11 is 3.56. The van der Waals surface area contributed by atoms with Gasteiger partial charge in [0.1, 0.15) is 0 Å². The normalized spacial score (nSPS) is 10.6. The predicted molar refractivity (Wildman–Crippen MR) is 119 cm³/mol. The van der Waals surface area contributed by atoms with Crippen molar-refractivity contribution in [2.45, 2.75) is 32.7 Å². The first-order valence-corrected chi connectivity index (χ1v) is 10.5. The molecule has 0 aliphatic rings. The van der Waals surface area contributed by atoms with Gasteiger partial charge in [-0.15, -0.1) is 0 Å². The van der Waals surface area contributed by atoms with E-state index in [1.54, 1.807) is 7.11 Å². The summed E-state index contributed by atoms with van der Waals surface area (Å²) in [5.74, 6) is 0.885. The number of carbonyl (C=O) groups is 1. The van der Waals surface area contributed by atoms with Gasteiger partial charge in [-0.25, -0.2) is 0 Å². The molecule has 2 rings (SSSR count). The highest BCUT2D eigenvalue weighted by Gasteiger charge is 2.16. The molecule has 0 aliphatic heterocycles. The maximum atomic E-state index is 12.3. The Morgan fingerprint density at radius 3 is 2.55 bits per heavy atom. The first-order valence-electron chi connectivity index (χ1n) is 9.71. The third-order valence-electron chi connectivity index (χ3n) is 4.38. The molecule has 0 aromatic heterocycles. The maximum Gasteiger partial charge on any atom is 0.262 e. The van der Waals surface area contributed by atoms with Crippen molar-refractivity contribution < 1.29 is 19.4 Å². The number of ether oxygens (including phenoxy) is 2. The minimum Gasteiger partial charge on any atom is -0.493 e. The lowest BCUT2D eigenvalue weighted by atomic mass is 10.1. The Labute approximate surface area is 180 Å². The highest BCUT2D eigenvalue weighted by molar-refractivity contribution is 9.10. The van der Waals surface area contributed by atoms with Crippen molar-refractivity contribution in [1.29, 1.82) is 0 Å². The number of benzene rings is 2. The second-order valence-electron chi connectivity index (χ2n) is 6.72. The number of rotatable bonds is 12. The van der Waals surface area contributed by atoms with Gasteiger partial charge >= 0.3 is 0 Å². The van der Waals surface area contributed by atoms with Crippen LogP contribution >= 0.6 is 15.9 Å². The van der Waals surface area contributed by atoms with Gasteiger partial charge in [-0.2, -0.15) is 0 Å². The molecule has 0 saturated carbocycles. The van der Waals surface area contributed by atoms with Crippen LogP contribution in [-0.2, 0) is 11.3 Å². The third-order valence-corrected chi connectivity index (χ3v) is 5.13. The van der Waals surface area contributed by atoms with Gasteiger partial charge in [0.15, 0.2) is 18.1 Å². The highest BCUT2D eigenvalue weighted by atomic mass is 79.9. The molecule has 2 aromatic rings. The quantitative estimate of drug-likeness (QED) is 0.413. The zero-order valence-electron chi connectivity index (χ0n) is 17.0. The Bertz CT molecular complexity index is 781. The van der Waals surface area contributed by atoms with Gasteiger partial charge in [-0.05, 0) is 57.0 Å². The number of methoxy groups -OCH3 is 1. The molecule has 3 N–H and O–H groups in total. The molecule has 0 bridgehead atoms. The zero-order valence-corrected chi connectivity index (χ0v) is 18.5. The summed E-state index contributed by atoms with van der Waals surface area (Å²) in [6.07, 6.45) is 2.78. The van der Waals surface area contributed by atoms with Crippen molar-refractivity contribution in [2.75, 3.05) is 32.2 Å². The number of aliphatic hydroxyl groups is 1. The average molecular weight is 465 g/mol. The summed E-state index contributed by atoms with van der Waals surface area (Å²) in [5, 5.41) is 15.1. The minimum atomic E-state index is -0.237. The highest BCUT2D eigenvalue weighted by Crippen LogP contribution is 2.36. The second kappa shape index (κ2) is 12.5. The topological polar surface area (TPSA) is 79.8 Å². The van der Waals surface area contributed by atoms with Crippen molar-refractivity contribution in [3.63, 3.8) is 0 Å². The summed E-state index contributed by atoms with van der Waals surface area (Å²) < 4.78 is 12.2. The van der Waals surface area contributed by atoms with E-state index in [0.29, 0.717) is 18.0 Å². The molecule has 158 valence electrons. The van der Waals surface area contributed by atoms with E-state index in [-0.39, 0.29) is 19.1 Å². The molecule has 29 heavy (non-hydrogen) atoms. The molecule has 6 nitrogen and oxygen atoms in total. The summed E-state index contributed by atoms with van der Waals surface area (Å²) in [6, 6.07) is 11.3. The van der Waals surface area contributed by atoms with E-state index in [1.165, 1.54) is 0 Å². The van der Waals surface area contributed by atoms with Crippen LogP contribution in [0.25, 0.3) is 0 Å². The van der Waals surface area contributed by atoms with Crippen molar-refractivity contribution in [2.24, 2.45) is 0 Å². The van der Waals surface area contributed by atoms with Gasteiger partial charge in [0, 0.05) is 28.9 Å². The number of aryl methyl sites for hydroxylation is 1. The van der Waals surface area contributed by atoms with Crippen LogP contribution in [0, 0.1) is 6.92 Å². The Hall–Kier alpha value is -2.09. The monoisotopic (exact) mass is 464 g/mol. The fourth-order valence-electron chi connectivity index (χ4n) is 2.79. The SMILES string of the molecule is COc1ccc(Br)c(CNCCCCCO)c1OCC(=O)Nc1ccc(C)cc1. The van der Waals surface area contributed by atoms with Crippen LogP contribution in [0.3, 0.4) is 0 Å². The Balaban J connectivity index is 1.98. The van der Waals surface area contributed by atoms with Gasteiger partial charge in [0.25, 0.3) is 5.91 Å². The number of nitrogens with one attached hydrogen (secondary N) is 2. The molecule has 7 heteroatoms. The van der Waals surface area contributed by atoms with Crippen molar-refractivity contribution in [3.05, 3.63) is 52.0 Å². The molecule has 0 atom stereocenters. The molecule has 0 unspecified atom stereocenters. The van der Waals surface area contributed by atoms with E-state index in [9.17, 15) is 4.79 Å². The van der Waals surface area contributed by atoms with Crippen LogP contribution in [-0.4, -0.2) is 37.9 Å². The molecular formula is C22H29BrN2O4. The predicted octanol–water partition coefficient (Wildman–Crippen LogP) is 4.04. The van der Waals surface area contributed by atoms with Crippen molar-refractivity contribution >= 4 is 27.5 Å². The molecule has 0 radical (unpaired) electrons. The largest absolute Gasteiger partial charge is 0.493 e. The number of unbranched alkanes of at least 4 members (excludes halogenated alkanes) is 2. The number of carbonyl (C=O) groups excluding carboxylic acids is 1. The Morgan fingerprint density at radius 2 is 1.86 bits per heavy atom. The maximum absolute atomic E-state index is 12.3. The summed E-state index contributed by atoms with van der Waals surface area (Å²) in [6.45, 7) is 3.51. The fraction of sp³-hybridized carbons (Fsp3) is 0.409. The van der Waals surface area contributed by atoms with Crippen LogP contribution in [0.2, 0.25) is 0 Å². The number of aliphatic hydroxyl groups excluding tert-OH is 1. The second-order valence-corrected chi connectivity index (χ2v) is 7.58. The van der Waals surface area contributed by atoms with E-state index in [1.807, 2.05) is 43.3 Å². The summed E-state index contributed by atoms with van der Waals surface area (Å²) in [4.78, 5) is 12.3. The van der Waals surface area contributed by atoms with Gasteiger partial charge in [0.2, 0.25) is 0 Å². The van der Waals surface area contributed by atoms with Crippen LogP contribution in [0.5, 0.6) is 11.5 Å². The number of hydrogen-bond acceptors (Lipinski definition) is 5. The number of halogens is 1. The van der Waals surface area contributed by atoms with Crippen molar-refractivity contribution in [1.82, 2.24) is 5.32 Å². The van der Waals surface area contributed by atoms with E-state index in [4.69, 9.17) is 14.6 Å². The first kappa shape index (κ1) is 23.2. The zero-order chi connectivity index (χ0) is 21.1. The van der Waals surface area contributed by atoms with Gasteiger partial charge in [0.05, 0.1) is 7.11 Å². The molecule has 0 heterocycles. The smallest absolute Gasteiger partial charge is 0.262 e. The third kappa shape index (κ3) is 7.68. The van der Waals surface area contributed by atoms with Crippen molar-refractivity contribution in [3.8, 4) is 11.5 Å². The average Bonchev–Trinajstić information content (AvgIpc) is 2.72. The molecule has 2 aromatic carbocycles. The molecule has 0 aliphatic carbocycles. The van der Waals surface area contributed by atoms with Crippen LogP contribution < -0.4 is 20.1 Å². The van der Waals surface area contributed by atoms with E-state index >= 15 is 0 Å². The van der Waals surface area contributed by atoms with E-state index in [2.05, 4.69) is 26.6 Å². The standard InChI is InChI=1S/C22H29BrN2O4/c1-16-6-8-17(9-7-16)25-21(27)15-29-22-18(14-24-12-4-3-5-13-26)19(23)10-11-20(22)28-2/h6-11,24,26H,3-5,12-15H2,1-2H3,(H,25,27). The van der Waals surface area contributed by atoms with E-state index in [0.717, 1.165) is 47.1 Å². The number of hydrogen-bond donors (Lipinski definition) is 3. The molecule has 0 spiro atoms. The molecular weight excluding hydrogens is 436 g/mol. The lowest BCUT2D eigenvalue weighted by molar-refractivity contribution is -0.118. The van der Waals surface area contributed by atoms with Gasteiger partial charge < -0.3 is 25.2 Å². The molecule has 1 amide bonds. The number of anilines is 1. The summed E-state index contributed by atoms with van der Waals surface area (Å²) in [7, 11) is 1.58. The minimum absolute atomic E-state index is 0.121. The Morgan fingerprint density at radius 1 is 1.10 bits per heavy atom. The van der Waals surface area contributed by atoms with E-state index < -0.39 is 0 Å². The molecule has 0 saturated heterocycles. The summed E-state index contributed by atoms with van der Waals surface area (Å²) in [5.41, 5.74) is 2.76. The number of amides is 1. The lowest BCUT2D eigenvalue weighted by Crippen LogP contribution is -2.22. The van der Waals surface area contributed by atoms with Crippen LogP contribution in [0.15, 0.2) is 40.9 Å². The van der Waals surface area contributed by atoms with Crippen LogP contribution in [0.1, 0.15) is 30.4 Å². The lowest BCUT2D eigenvalue weighted by Gasteiger charge is -2.17. The first-order chi connectivity index (χ1) is 14.0. The van der Waals surface area contributed by atoms with Crippen LogP contribution in [0.4, 0.5) is 5.69 Å². The van der Waals surface area contributed by atoms with Gasteiger partial charge in [-0.3, -0.25) is 4.79 Å². The Kier molecular flexibility index (Phi) is 9.97.